The molecular weight excluding hydrogens is 140 g/mol. The maximum Gasteiger partial charge on any atom is 0.0921 e. The van der Waals surface area contributed by atoms with Gasteiger partial charge in [-0.2, -0.15) is 10.5 Å². The lowest BCUT2D eigenvalue weighted by Gasteiger charge is -2.11. The Morgan fingerprint density at radius 1 is 1.30 bits per heavy atom. The van der Waals surface area contributed by atoms with Crippen LogP contribution in [0.1, 0.15) is 0 Å². The van der Waals surface area contributed by atoms with Crippen molar-refractivity contribution in [2.24, 2.45) is 0 Å². The van der Waals surface area contributed by atoms with Crippen LogP contribution in [0.2, 0.25) is 19.6 Å². The van der Waals surface area contributed by atoms with Gasteiger partial charge in [0.05, 0.1) is 20.2 Å². The highest BCUT2D eigenvalue weighted by Gasteiger charge is 2.18. The third-order valence-corrected chi connectivity index (χ3v) is 3.01. The molecular formula is C7H10N2Si. The van der Waals surface area contributed by atoms with Gasteiger partial charge in [0.25, 0.3) is 0 Å². The van der Waals surface area contributed by atoms with Gasteiger partial charge in [0, 0.05) is 11.3 Å². The smallest absolute Gasteiger partial charge is 0.0921 e. The summed E-state index contributed by atoms with van der Waals surface area (Å²) in [6, 6.07) is 3.92. The van der Waals surface area contributed by atoms with Gasteiger partial charge in [-0.05, 0) is 0 Å². The van der Waals surface area contributed by atoms with Gasteiger partial charge < -0.3 is 0 Å². The monoisotopic (exact) mass is 150 g/mol. The second kappa shape index (κ2) is 3.19. The predicted octanol–water partition coefficient (Wildman–Crippen LogP) is 1.84. The highest BCUT2D eigenvalue weighted by Crippen LogP contribution is 2.12. The number of nitriles is 2. The molecule has 0 radical (unpaired) electrons. The molecule has 0 rings (SSSR count). The quantitative estimate of drug-likeness (QED) is 0.423. The average molecular weight is 150 g/mol. The number of hydrogen-bond donors (Lipinski definition) is 0. The van der Waals surface area contributed by atoms with Crippen LogP contribution in [0.15, 0.2) is 11.3 Å². The first-order chi connectivity index (χ1) is 4.52. The molecule has 0 unspecified atom stereocenters. The molecule has 0 aromatic carbocycles. The van der Waals surface area contributed by atoms with E-state index in [1.165, 1.54) is 6.08 Å². The van der Waals surface area contributed by atoms with Crippen molar-refractivity contribution in [3.63, 3.8) is 0 Å². The highest BCUT2D eigenvalue weighted by atomic mass is 28.3. The standard InChI is InChI=1S/C7H10N2Si/c1-10(2,3)7(6-9)4-5-8/h4H,1-3H3/b7-4-. The van der Waals surface area contributed by atoms with Gasteiger partial charge in [0.15, 0.2) is 0 Å². The van der Waals surface area contributed by atoms with Crippen LogP contribution < -0.4 is 0 Å². The Balaban J connectivity index is 4.62. The van der Waals surface area contributed by atoms with Crippen molar-refractivity contribution in [1.29, 1.82) is 10.5 Å². The zero-order chi connectivity index (χ0) is 8.20. The minimum atomic E-state index is -1.53. The molecule has 0 bridgehead atoms. The molecule has 0 aliphatic carbocycles. The molecule has 10 heavy (non-hydrogen) atoms. The molecule has 0 fully saturated rings. The summed E-state index contributed by atoms with van der Waals surface area (Å²) >= 11 is 0. The van der Waals surface area contributed by atoms with E-state index >= 15 is 0 Å². The minimum Gasteiger partial charge on any atom is -0.193 e. The lowest BCUT2D eigenvalue weighted by Crippen LogP contribution is -2.22. The molecule has 0 aliphatic rings. The third kappa shape index (κ3) is 2.48. The van der Waals surface area contributed by atoms with Crippen molar-refractivity contribution in [2.75, 3.05) is 0 Å². The summed E-state index contributed by atoms with van der Waals surface area (Å²) in [5.41, 5.74) is 0. The van der Waals surface area contributed by atoms with Crippen LogP contribution in [0, 0.1) is 22.7 Å². The Bertz CT molecular complexity index is 221. The first-order valence-electron chi connectivity index (χ1n) is 3.02. The van der Waals surface area contributed by atoms with Crippen LogP contribution in [0.4, 0.5) is 0 Å². The molecule has 0 aromatic rings. The number of nitrogens with zero attached hydrogens (tertiary/aromatic N) is 2. The molecule has 3 heteroatoms. The maximum absolute atomic E-state index is 8.56. The molecule has 52 valence electrons. The first-order valence-corrected chi connectivity index (χ1v) is 6.52. The van der Waals surface area contributed by atoms with Crippen LogP contribution in [0.3, 0.4) is 0 Å². The molecule has 0 atom stereocenters. The Morgan fingerprint density at radius 3 is 1.90 bits per heavy atom. The summed E-state index contributed by atoms with van der Waals surface area (Å²) in [6.45, 7) is 6.12. The number of hydrogen-bond acceptors (Lipinski definition) is 2. The molecule has 0 N–H and O–H groups in total. The van der Waals surface area contributed by atoms with E-state index in [1.807, 2.05) is 31.8 Å². The van der Waals surface area contributed by atoms with E-state index in [0.29, 0.717) is 5.20 Å². The summed E-state index contributed by atoms with van der Waals surface area (Å²) in [4.78, 5) is 0. The second-order valence-electron chi connectivity index (χ2n) is 3.05. The maximum atomic E-state index is 8.56. The van der Waals surface area contributed by atoms with E-state index in [-0.39, 0.29) is 0 Å². The predicted molar refractivity (Wildman–Crippen MR) is 42.7 cm³/mol. The van der Waals surface area contributed by atoms with Crippen LogP contribution >= 0.6 is 0 Å². The Labute approximate surface area is 62.4 Å². The largest absolute Gasteiger partial charge is 0.193 e. The lowest BCUT2D eigenvalue weighted by molar-refractivity contribution is 1.49. The van der Waals surface area contributed by atoms with E-state index in [2.05, 4.69) is 0 Å². The third-order valence-electron chi connectivity index (χ3n) is 1.14. The number of rotatable bonds is 1. The van der Waals surface area contributed by atoms with Crippen LogP contribution in [-0.4, -0.2) is 8.07 Å². The summed E-state index contributed by atoms with van der Waals surface area (Å²) in [6.07, 6.45) is 1.35. The fourth-order valence-electron chi connectivity index (χ4n) is 0.481. The van der Waals surface area contributed by atoms with Gasteiger partial charge in [-0.1, -0.05) is 19.6 Å². The van der Waals surface area contributed by atoms with Gasteiger partial charge in [-0.3, -0.25) is 0 Å². The minimum absolute atomic E-state index is 0.662. The molecule has 0 spiro atoms. The molecule has 2 nitrogen and oxygen atoms in total. The molecule has 0 aromatic heterocycles. The van der Waals surface area contributed by atoms with Crippen LogP contribution in [0.25, 0.3) is 0 Å². The Hall–Kier alpha value is -1.06. The van der Waals surface area contributed by atoms with Gasteiger partial charge in [-0.15, -0.1) is 0 Å². The van der Waals surface area contributed by atoms with Crippen molar-refractivity contribution in [3.8, 4) is 12.1 Å². The fourth-order valence-corrected chi connectivity index (χ4v) is 1.31. The lowest BCUT2D eigenvalue weighted by atomic mass is 10.5. The van der Waals surface area contributed by atoms with Crippen LogP contribution in [0.5, 0.6) is 0 Å². The van der Waals surface area contributed by atoms with E-state index in [9.17, 15) is 0 Å². The summed E-state index contributed by atoms with van der Waals surface area (Å²) in [5, 5.41) is 17.5. The summed E-state index contributed by atoms with van der Waals surface area (Å²) in [5.74, 6) is 0. The molecule has 0 saturated heterocycles. The Kier molecular flexibility index (Phi) is 2.85. The summed E-state index contributed by atoms with van der Waals surface area (Å²) < 4.78 is 0. The molecule has 0 aliphatic heterocycles. The highest BCUT2D eigenvalue weighted by molar-refractivity contribution is 6.84. The molecule has 0 saturated carbocycles. The topological polar surface area (TPSA) is 47.6 Å². The van der Waals surface area contributed by atoms with Crippen molar-refractivity contribution < 1.29 is 0 Å². The van der Waals surface area contributed by atoms with Crippen molar-refractivity contribution >= 4 is 8.07 Å². The Morgan fingerprint density at radius 2 is 1.80 bits per heavy atom. The summed E-state index contributed by atoms with van der Waals surface area (Å²) in [7, 11) is -1.53. The fraction of sp³-hybridized carbons (Fsp3) is 0.429. The zero-order valence-electron chi connectivity index (χ0n) is 6.47. The average Bonchev–Trinajstić information content (AvgIpc) is 1.80. The normalized spacial score (nSPS) is 11.9. The van der Waals surface area contributed by atoms with Crippen LogP contribution in [-0.2, 0) is 0 Å². The van der Waals surface area contributed by atoms with Gasteiger partial charge >= 0.3 is 0 Å². The number of allylic oxidation sites excluding steroid dienone is 2. The van der Waals surface area contributed by atoms with Crippen molar-refractivity contribution in [1.82, 2.24) is 0 Å². The van der Waals surface area contributed by atoms with Crippen molar-refractivity contribution in [2.45, 2.75) is 19.6 Å². The molecule has 0 amide bonds. The van der Waals surface area contributed by atoms with E-state index in [1.54, 1.807) is 0 Å². The second-order valence-corrected chi connectivity index (χ2v) is 8.09. The van der Waals surface area contributed by atoms with E-state index in [0.717, 1.165) is 0 Å². The van der Waals surface area contributed by atoms with E-state index in [4.69, 9.17) is 10.5 Å². The van der Waals surface area contributed by atoms with Gasteiger partial charge in [0.2, 0.25) is 0 Å². The van der Waals surface area contributed by atoms with Gasteiger partial charge in [0.1, 0.15) is 0 Å². The first kappa shape index (κ1) is 8.94. The molecule has 0 heterocycles. The SMILES string of the molecule is C[Si](C)(C)/C(C#N)=C\C#N. The van der Waals surface area contributed by atoms with E-state index < -0.39 is 8.07 Å². The van der Waals surface area contributed by atoms with Crippen molar-refractivity contribution in [3.05, 3.63) is 11.3 Å². The van der Waals surface area contributed by atoms with Gasteiger partial charge in [-0.25, -0.2) is 0 Å². The zero-order valence-corrected chi connectivity index (χ0v) is 7.47.